The van der Waals surface area contributed by atoms with Gasteiger partial charge in [-0.3, -0.25) is 9.36 Å². The number of β-amino-alcohol motifs (C(OH)–C–C–N with tert-alkyl or cyclic N) is 1. The largest absolute Gasteiger partial charge is 0.371 e. The van der Waals surface area contributed by atoms with Gasteiger partial charge >= 0.3 is 0 Å². The number of aliphatic hydroxyl groups excluding tert-OH is 1. The number of fused-ring (bicyclic) bond motifs is 1. The summed E-state index contributed by atoms with van der Waals surface area (Å²) in [6.45, 7) is 4.04. The smallest absolute Gasteiger partial charge is 0.272 e. The minimum Gasteiger partial charge on any atom is -0.371 e. The lowest BCUT2D eigenvalue weighted by Gasteiger charge is -2.39. The summed E-state index contributed by atoms with van der Waals surface area (Å²) in [5, 5.41) is 13.4. The van der Waals surface area contributed by atoms with E-state index in [1.165, 1.54) is 0 Å². The van der Waals surface area contributed by atoms with Crippen LogP contribution in [-0.4, -0.2) is 51.1 Å². The standard InChI is InChI=1S/C12H18N4O2.2ClH/c1-8-14-6-10-12(18)15(7-11(17)16(8)10)9-2-4-13-5-3-9;;/h6,9,11,13,17H,2-5,7H2,1H3;2*1H. The van der Waals surface area contributed by atoms with Gasteiger partial charge in [-0.2, -0.15) is 0 Å². The van der Waals surface area contributed by atoms with Gasteiger partial charge in [0.25, 0.3) is 5.91 Å². The van der Waals surface area contributed by atoms with Gasteiger partial charge in [-0.15, -0.1) is 24.8 Å². The molecule has 1 saturated heterocycles. The van der Waals surface area contributed by atoms with Crippen molar-refractivity contribution in [3.8, 4) is 0 Å². The van der Waals surface area contributed by atoms with E-state index in [4.69, 9.17) is 0 Å². The highest BCUT2D eigenvalue weighted by atomic mass is 35.5. The van der Waals surface area contributed by atoms with Crippen molar-refractivity contribution >= 4 is 30.7 Å². The van der Waals surface area contributed by atoms with Gasteiger partial charge in [0.2, 0.25) is 0 Å². The average molecular weight is 323 g/mol. The zero-order valence-corrected chi connectivity index (χ0v) is 12.9. The molecule has 0 radical (unpaired) electrons. The van der Waals surface area contributed by atoms with E-state index in [9.17, 15) is 9.90 Å². The number of nitrogens with one attached hydrogen (secondary N) is 1. The van der Waals surface area contributed by atoms with Crippen molar-refractivity contribution in [3.05, 3.63) is 17.7 Å². The van der Waals surface area contributed by atoms with Gasteiger partial charge in [-0.1, -0.05) is 0 Å². The molecule has 1 aromatic heterocycles. The highest BCUT2D eigenvalue weighted by Crippen LogP contribution is 2.25. The normalized spacial score (nSPS) is 22.8. The van der Waals surface area contributed by atoms with Crippen molar-refractivity contribution in [1.82, 2.24) is 19.8 Å². The molecule has 1 atom stereocenters. The fourth-order valence-corrected chi connectivity index (χ4v) is 2.91. The fourth-order valence-electron chi connectivity index (χ4n) is 2.91. The van der Waals surface area contributed by atoms with Crippen LogP contribution in [0.15, 0.2) is 6.20 Å². The van der Waals surface area contributed by atoms with E-state index in [-0.39, 0.29) is 36.8 Å². The predicted molar refractivity (Wildman–Crippen MR) is 79.6 cm³/mol. The van der Waals surface area contributed by atoms with Crippen molar-refractivity contribution < 1.29 is 9.90 Å². The molecule has 1 amide bonds. The van der Waals surface area contributed by atoms with Gasteiger partial charge in [0.05, 0.1) is 12.7 Å². The van der Waals surface area contributed by atoms with Crippen molar-refractivity contribution in [3.63, 3.8) is 0 Å². The zero-order valence-electron chi connectivity index (χ0n) is 11.3. The summed E-state index contributed by atoms with van der Waals surface area (Å²) in [5.74, 6) is 0.684. The number of carbonyl (C=O) groups excluding carboxylic acids is 1. The summed E-state index contributed by atoms with van der Waals surface area (Å²) in [6.07, 6.45) is 2.79. The second-order valence-electron chi connectivity index (χ2n) is 4.98. The molecular weight excluding hydrogens is 303 g/mol. The quantitative estimate of drug-likeness (QED) is 0.800. The molecule has 0 aliphatic carbocycles. The Labute approximate surface area is 130 Å². The van der Waals surface area contributed by atoms with Crippen LogP contribution >= 0.6 is 24.8 Å². The molecule has 0 bridgehead atoms. The van der Waals surface area contributed by atoms with Gasteiger partial charge in [0, 0.05) is 6.04 Å². The van der Waals surface area contributed by atoms with Gasteiger partial charge in [0.15, 0.2) is 0 Å². The van der Waals surface area contributed by atoms with Gasteiger partial charge in [0.1, 0.15) is 17.7 Å². The molecule has 3 heterocycles. The molecule has 1 aromatic rings. The van der Waals surface area contributed by atoms with Gasteiger partial charge in [-0.25, -0.2) is 4.98 Å². The zero-order chi connectivity index (χ0) is 12.7. The highest BCUT2D eigenvalue weighted by molar-refractivity contribution is 5.93. The summed E-state index contributed by atoms with van der Waals surface area (Å²) < 4.78 is 1.62. The molecule has 2 N–H and O–H groups in total. The van der Waals surface area contributed by atoms with Crippen molar-refractivity contribution in [2.45, 2.75) is 32.0 Å². The number of hydrogen-bond acceptors (Lipinski definition) is 4. The Balaban J connectivity index is 0.000001000. The van der Waals surface area contributed by atoms with Crippen LogP contribution in [0.1, 0.15) is 35.4 Å². The van der Waals surface area contributed by atoms with E-state index in [1.807, 2.05) is 4.90 Å². The molecule has 1 unspecified atom stereocenters. The van der Waals surface area contributed by atoms with Crippen LogP contribution in [-0.2, 0) is 0 Å². The molecule has 6 nitrogen and oxygen atoms in total. The lowest BCUT2D eigenvalue weighted by atomic mass is 10.0. The fraction of sp³-hybridized carbons (Fsp3) is 0.667. The lowest BCUT2D eigenvalue weighted by Crippen LogP contribution is -2.51. The topological polar surface area (TPSA) is 70.4 Å². The predicted octanol–water partition coefficient (Wildman–Crippen LogP) is 0.734. The second-order valence-corrected chi connectivity index (χ2v) is 4.98. The van der Waals surface area contributed by atoms with E-state index < -0.39 is 6.23 Å². The molecule has 0 saturated carbocycles. The van der Waals surface area contributed by atoms with Crippen LogP contribution < -0.4 is 5.32 Å². The Morgan fingerprint density at radius 2 is 2.00 bits per heavy atom. The molecule has 20 heavy (non-hydrogen) atoms. The van der Waals surface area contributed by atoms with E-state index >= 15 is 0 Å². The third kappa shape index (κ3) is 2.79. The second kappa shape index (κ2) is 6.76. The summed E-state index contributed by atoms with van der Waals surface area (Å²) in [6, 6.07) is 0.234. The van der Waals surface area contributed by atoms with Crippen LogP contribution in [0, 0.1) is 6.92 Å². The molecule has 1 fully saturated rings. The van der Waals surface area contributed by atoms with Crippen molar-refractivity contribution in [1.29, 1.82) is 0 Å². The van der Waals surface area contributed by atoms with Crippen molar-refractivity contribution in [2.24, 2.45) is 0 Å². The Kier molecular flexibility index (Phi) is 5.82. The average Bonchev–Trinajstić information content (AvgIpc) is 2.78. The van der Waals surface area contributed by atoms with E-state index in [2.05, 4.69) is 10.3 Å². The Hall–Kier alpha value is -0.820. The molecule has 2 aliphatic rings. The maximum Gasteiger partial charge on any atom is 0.272 e. The van der Waals surface area contributed by atoms with E-state index in [1.54, 1.807) is 17.7 Å². The first-order valence-electron chi connectivity index (χ1n) is 6.42. The van der Waals surface area contributed by atoms with Crippen LogP contribution in [0.4, 0.5) is 0 Å². The summed E-state index contributed by atoms with van der Waals surface area (Å²) in [4.78, 5) is 18.3. The Morgan fingerprint density at radius 1 is 1.35 bits per heavy atom. The molecule has 3 rings (SSSR count). The molecule has 8 heteroatoms. The monoisotopic (exact) mass is 322 g/mol. The first kappa shape index (κ1) is 17.2. The van der Waals surface area contributed by atoms with Crippen LogP contribution in [0.2, 0.25) is 0 Å². The molecule has 2 aliphatic heterocycles. The van der Waals surface area contributed by atoms with Crippen molar-refractivity contribution in [2.75, 3.05) is 19.6 Å². The number of amides is 1. The number of aryl methyl sites for hydroxylation is 1. The van der Waals surface area contributed by atoms with Gasteiger partial charge < -0.3 is 15.3 Å². The minimum absolute atomic E-state index is 0. The number of piperidine rings is 1. The first-order valence-corrected chi connectivity index (χ1v) is 6.42. The molecule has 114 valence electrons. The number of imidazole rings is 1. The Bertz CT molecular complexity index is 474. The number of aromatic nitrogens is 2. The minimum atomic E-state index is -0.671. The SMILES string of the molecule is Cc1ncc2n1C(O)CN(C1CCNCC1)C2=O.Cl.Cl. The number of carbonyl (C=O) groups is 1. The lowest BCUT2D eigenvalue weighted by molar-refractivity contribution is 0.00930. The van der Waals surface area contributed by atoms with E-state index in [0.717, 1.165) is 25.9 Å². The first-order chi connectivity index (χ1) is 8.68. The maximum atomic E-state index is 12.4. The third-order valence-electron chi connectivity index (χ3n) is 3.87. The molecular formula is C12H20Cl2N4O2. The highest BCUT2D eigenvalue weighted by Gasteiger charge is 2.35. The number of hydrogen-bond donors (Lipinski definition) is 2. The number of halogens is 2. The molecule has 0 spiro atoms. The summed E-state index contributed by atoms with van der Waals surface area (Å²) >= 11 is 0. The summed E-state index contributed by atoms with van der Waals surface area (Å²) in [5.41, 5.74) is 0.504. The van der Waals surface area contributed by atoms with Crippen LogP contribution in [0.3, 0.4) is 0 Å². The van der Waals surface area contributed by atoms with Crippen LogP contribution in [0.5, 0.6) is 0 Å². The third-order valence-corrected chi connectivity index (χ3v) is 3.87. The van der Waals surface area contributed by atoms with E-state index in [0.29, 0.717) is 18.1 Å². The maximum absolute atomic E-state index is 12.4. The number of nitrogens with zero attached hydrogens (tertiary/aromatic N) is 3. The molecule has 0 aromatic carbocycles. The Morgan fingerprint density at radius 3 is 2.65 bits per heavy atom. The van der Waals surface area contributed by atoms with Crippen LogP contribution in [0.25, 0.3) is 0 Å². The summed E-state index contributed by atoms with van der Waals surface area (Å²) in [7, 11) is 0. The number of rotatable bonds is 1. The number of aliphatic hydroxyl groups is 1. The van der Waals surface area contributed by atoms with Gasteiger partial charge in [-0.05, 0) is 32.9 Å².